The molecule has 0 amide bonds. The molecule has 16 rings (SSSR count). The number of hydrogen-bond donors (Lipinski definition) is 12. The van der Waals surface area contributed by atoms with Crippen LogP contribution in [0.4, 0.5) is 35.1 Å². The maximum absolute atomic E-state index is 15.7. The molecule has 8 aromatic rings. The van der Waals surface area contributed by atoms with Gasteiger partial charge in [-0.3, -0.25) is 93.6 Å². The summed E-state index contributed by atoms with van der Waals surface area (Å²) in [7, 11) is -18.7. The molecule has 0 aliphatic carbocycles. The van der Waals surface area contributed by atoms with E-state index in [1.54, 1.807) is 15.0 Å². The number of phosphoric ester groups is 4. The predicted octanol–water partition coefficient (Wildman–Crippen LogP) is 3.92. The predicted molar refractivity (Wildman–Crippen MR) is 391 cm³/mol. The fourth-order valence-corrected chi connectivity index (χ4v) is 16.7. The molecule has 0 saturated carbocycles. The second-order valence-corrected chi connectivity index (χ2v) is 34.0. The molecule has 4 aromatic carbocycles. The Bertz CT molecular complexity index is 6570. The summed E-state index contributed by atoms with van der Waals surface area (Å²) < 4.78 is 293. The monoisotopic (exact) mass is 1930 g/mol. The number of phosphoric acid groups is 4. The van der Waals surface area contributed by atoms with Crippen molar-refractivity contribution in [3.05, 3.63) is 247 Å². The lowest BCUT2D eigenvalue weighted by molar-refractivity contribution is -0.205. The van der Waals surface area contributed by atoms with Gasteiger partial charge in [0, 0.05) is 47.0 Å². The van der Waals surface area contributed by atoms with Gasteiger partial charge in [-0.05, 0) is 72.8 Å². The highest BCUT2D eigenvalue weighted by molar-refractivity contribution is 7.49. The number of fused-ring (bicyclic) bond motifs is 4. The molecule has 672 valence electrons. The summed E-state index contributed by atoms with van der Waals surface area (Å²) >= 11 is 22.5. The molecule has 0 bridgehead atoms. The zero-order chi connectivity index (χ0) is 95.6. The van der Waals surface area contributed by atoms with Gasteiger partial charge in [0.15, 0.2) is 24.9 Å². The summed E-state index contributed by atoms with van der Waals surface area (Å²) in [6.45, 7) is -12.2. The molecule has 4 fully saturated rings. The molecular formula is C64H56Cl4F8N8O36P4. The summed E-state index contributed by atoms with van der Waals surface area (Å²) in [5.74, 6) is -17.6. The Kier molecular flexibility index (Phi) is 24.4. The fourth-order valence-electron chi connectivity index (χ4n) is 11.4. The first kappa shape index (κ1) is 85.0. The SMILES string of the molecule is O=c1[nH]c(=O)n([C@@H]2O[C@](F)(COP3(=O)OCc4cc(F)ccc4O3)[C@@H](O)[C@H]2O)cc1Cl.[2H]C([2H])(OP1(=O)OCc2cc(F)ccc2O1)[C@@]1(F)O[C@@H](n2cc(Cl)c(=O)[nH]c2=O)[C@H](O)[C@@H]1O.[2H]C([2H])(OP1(=O)OCc2cc(F)ccc2O1)[C@@]1(F)O[C@@]([2H])(n2cc(Cl)c(=O)[nH]c2=O)[C@H](O)[C@@H]1O.[2H][C@@]1(n2cc(Cl)c(=O)[nH]c2=O)O[C@](F)(COP2(=O)OCc3cc(F)ccc3O2)[C@@H](O)[C@H]1O. The fraction of sp³-hybridized carbons (Fsp3) is 0.375. The van der Waals surface area contributed by atoms with Crippen LogP contribution in [0.5, 0.6) is 23.0 Å². The third-order valence-corrected chi connectivity index (χ3v) is 23.7. The molecule has 60 heteroatoms. The van der Waals surface area contributed by atoms with Crippen LogP contribution < -0.4 is 63.1 Å². The Morgan fingerprint density at radius 3 is 0.952 bits per heavy atom. The molecule has 20 atom stereocenters. The van der Waals surface area contributed by atoms with Gasteiger partial charge in [0.25, 0.3) is 45.7 Å². The third-order valence-electron chi connectivity index (χ3n) is 17.7. The number of rotatable bonds is 16. The number of hydrogen-bond acceptors (Lipinski definition) is 36. The first-order chi connectivity index (χ1) is 60.3. The minimum Gasteiger partial charge on any atom is -0.404 e. The molecule has 12 heterocycles. The van der Waals surface area contributed by atoms with Crippen molar-refractivity contribution in [2.24, 2.45) is 0 Å². The van der Waals surface area contributed by atoms with Crippen molar-refractivity contribution < 1.29 is 176 Å². The molecule has 4 unspecified atom stereocenters. The van der Waals surface area contributed by atoms with Gasteiger partial charge in [-0.2, -0.15) is 0 Å². The Morgan fingerprint density at radius 1 is 0.387 bits per heavy atom. The Balaban J connectivity index is 0.000000148. The van der Waals surface area contributed by atoms with E-state index in [1.165, 1.54) is 6.07 Å². The van der Waals surface area contributed by atoms with E-state index in [0.717, 1.165) is 72.9 Å². The second-order valence-electron chi connectivity index (χ2n) is 26.1. The van der Waals surface area contributed by atoms with E-state index in [4.69, 9.17) is 114 Å². The van der Waals surface area contributed by atoms with Crippen LogP contribution in [0.15, 0.2) is 136 Å². The quantitative estimate of drug-likeness (QED) is 0.0482. The second kappa shape index (κ2) is 35.6. The third kappa shape index (κ3) is 19.5. The number of ether oxygens (including phenoxy) is 4. The maximum atomic E-state index is 15.7. The summed E-state index contributed by atoms with van der Waals surface area (Å²) in [6, 6.07) is 12.5. The van der Waals surface area contributed by atoms with Crippen molar-refractivity contribution in [2.75, 3.05) is 26.3 Å². The minimum atomic E-state index is -4.97. The van der Waals surface area contributed by atoms with Crippen LogP contribution in [-0.2, 0) is 99.8 Å². The van der Waals surface area contributed by atoms with Gasteiger partial charge in [0.05, 0.1) is 34.7 Å². The number of aliphatic hydroxyl groups is 8. The van der Waals surface area contributed by atoms with E-state index in [2.05, 4.69) is 13.8 Å². The van der Waals surface area contributed by atoms with Gasteiger partial charge in [-0.1, -0.05) is 46.4 Å². The highest BCUT2D eigenvalue weighted by Gasteiger charge is 2.62. The van der Waals surface area contributed by atoms with Gasteiger partial charge in [0.1, 0.15) is 142 Å². The Hall–Kier alpha value is -8.48. The number of aromatic nitrogens is 8. The van der Waals surface area contributed by atoms with E-state index in [9.17, 15) is 115 Å². The van der Waals surface area contributed by atoms with E-state index < -0.39 is 263 Å². The van der Waals surface area contributed by atoms with Crippen molar-refractivity contribution in [2.45, 2.75) is 124 Å². The van der Waals surface area contributed by atoms with E-state index >= 15 is 17.6 Å². The summed E-state index contributed by atoms with van der Waals surface area (Å²) in [6.07, 6.45) is -27.2. The number of benzene rings is 4. The van der Waals surface area contributed by atoms with Crippen LogP contribution in [0, 0.1) is 23.3 Å². The molecule has 4 aromatic heterocycles. The highest BCUT2D eigenvalue weighted by Crippen LogP contribution is 2.60. The number of alkyl halides is 4. The van der Waals surface area contributed by atoms with Crippen LogP contribution in [0.3, 0.4) is 0 Å². The molecule has 12 N–H and O–H groups in total. The zero-order valence-electron chi connectivity index (χ0n) is 66.4. The molecule has 0 radical (unpaired) electrons. The number of nitrogens with one attached hydrogen (secondary N) is 4. The number of nitrogens with zero attached hydrogens (tertiary/aromatic N) is 4. The van der Waals surface area contributed by atoms with Gasteiger partial charge < -0.3 is 77.9 Å². The van der Waals surface area contributed by atoms with E-state index in [1.807, 2.05) is 4.98 Å². The lowest BCUT2D eigenvalue weighted by atomic mass is 10.1. The van der Waals surface area contributed by atoms with Crippen LogP contribution in [0.1, 0.15) is 55.3 Å². The molecule has 44 nitrogen and oxygen atoms in total. The van der Waals surface area contributed by atoms with Crippen molar-refractivity contribution in [1.29, 1.82) is 0 Å². The van der Waals surface area contributed by atoms with Crippen LogP contribution in [0.25, 0.3) is 0 Å². The first-order valence-electron chi connectivity index (χ1n) is 36.9. The van der Waals surface area contributed by atoms with Crippen LogP contribution >= 0.6 is 77.7 Å². The topological polar surface area (TPSA) is 597 Å². The minimum absolute atomic E-state index is 0.0101. The first-order valence-corrected chi connectivity index (χ1v) is 41.2. The van der Waals surface area contributed by atoms with E-state index in [0.29, 0.717) is 27.7 Å². The van der Waals surface area contributed by atoms with Gasteiger partial charge in [-0.25, -0.2) is 72.6 Å². The zero-order valence-corrected chi connectivity index (χ0v) is 67.0. The van der Waals surface area contributed by atoms with Crippen LogP contribution in [-0.4, -0.2) is 178 Å². The van der Waals surface area contributed by atoms with Crippen molar-refractivity contribution in [1.82, 2.24) is 38.2 Å². The molecule has 124 heavy (non-hydrogen) atoms. The Labute approximate surface area is 708 Å². The number of H-pyrrole nitrogens is 4. The van der Waals surface area contributed by atoms with Crippen molar-refractivity contribution in [3.8, 4) is 23.0 Å². The van der Waals surface area contributed by atoms with E-state index in [-0.39, 0.29) is 61.0 Å². The van der Waals surface area contributed by atoms with Crippen molar-refractivity contribution >= 4 is 77.7 Å². The maximum Gasteiger partial charge on any atom is 0.530 e. The number of aliphatic hydroxyl groups excluding tert-OH is 8. The summed E-state index contributed by atoms with van der Waals surface area (Å²) in [5, 5.41) is 79.3. The Morgan fingerprint density at radius 2 is 0.629 bits per heavy atom. The highest BCUT2D eigenvalue weighted by atomic mass is 35.5. The summed E-state index contributed by atoms with van der Waals surface area (Å²) in [5.41, 5.74) is -8.39. The van der Waals surface area contributed by atoms with Crippen molar-refractivity contribution in [3.63, 3.8) is 0 Å². The lowest BCUT2D eigenvalue weighted by Gasteiger charge is -2.28. The molecule has 4 saturated heterocycles. The smallest absolute Gasteiger partial charge is 0.404 e. The standard InChI is InChI=1S/4C16H14ClF2N2O9P/c4*17-9-4-21(15(25)20-13(9)24)14-11(22)12(23)16(19,29-14)6-28-31(26)27-5-7-3-8(18)1-2-10(7)30-31/h4*1-4,11-12,14,22-23H,5-6H2,(H,20,24,25)/t4*11-,12+,14-,16-,31?/m1111/s1/i6D2,14D;14D;6D2;. The van der Waals surface area contributed by atoms with Crippen LogP contribution in [0.2, 0.25) is 20.1 Å². The molecule has 8 aliphatic heterocycles. The average Bonchev–Trinajstić information content (AvgIpc) is 1.55. The lowest BCUT2D eigenvalue weighted by Crippen LogP contribution is -2.43. The molecular weight excluding hydrogens is 1870 g/mol. The van der Waals surface area contributed by atoms with Gasteiger partial charge in [0.2, 0.25) is 0 Å². The molecule has 0 spiro atoms. The number of halogens is 12. The van der Waals surface area contributed by atoms with Gasteiger partial charge >= 0.3 is 54.0 Å². The largest absolute Gasteiger partial charge is 0.530 e. The summed E-state index contributed by atoms with van der Waals surface area (Å²) in [4.78, 5) is 101. The molecule has 8 aliphatic rings. The van der Waals surface area contributed by atoms with Gasteiger partial charge in [-0.15, -0.1) is 0 Å². The number of aromatic amines is 4. The average molecular weight is 1940 g/mol. The normalized spacial score (nSPS) is 34.6.